The summed E-state index contributed by atoms with van der Waals surface area (Å²) in [4.78, 5) is 23.7. The summed E-state index contributed by atoms with van der Waals surface area (Å²) in [5, 5.41) is 5.74. The predicted octanol–water partition coefficient (Wildman–Crippen LogP) is 3.57. The molecule has 0 saturated heterocycles. The highest BCUT2D eigenvalue weighted by atomic mass is 79.9. The molecule has 0 heterocycles. The Balaban J connectivity index is 2.04. The number of nitrogens with zero attached hydrogens (tertiary/aromatic N) is 1. The Labute approximate surface area is 172 Å². The van der Waals surface area contributed by atoms with Gasteiger partial charge in [0, 0.05) is 17.3 Å². The molecule has 0 aromatic heterocycles. The smallest absolute Gasteiger partial charge is 0.416 e. The van der Waals surface area contributed by atoms with E-state index in [-0.39, 0.29) is 5.69 Å². The first-order valence-electron chi connectivity index (χ1n) is 7.89. The van der Waals surface area contributed by atoms with Crippen LogP contribution in [0.2, 0.25) is 0 Å². The van der Waals surface area contributed by atoms with E-state index in [2.05, 4.69) is 26.3 Å². The van der Waals surface area contributed by atoms with Crippen molar-refractivity contribution >= 4 is 39.6 Å². The summed E-state index contributed by atoms with van der Waals surface area (Å²) in [5.74, 6) is -1.42. The standard InChI is InChI=1S/C18H15BrF3N3O4/c1-28-14-8-15(29-2)13(19)6-10(14)9-23-25-17(27)16(26)24-12-5-3-4-11(7-12)18(20,21)22/h3-9H,1-2H3,(H,24,26)(H,25,27). The van der Waals surface area contributed by atoms with Crippen LogP contribution in [0.3, 0.4) is 0 Å². The third-order valence-corrected chi connectivity index (χ3v) is 4.15. The van der Waals surface area contributed by atoms with E-state index in [0.29, 0.717) is 27.6 Å². The van der Waals surface area contributed by atoms with E-state index in [9.17, 15) is 22.8 Å². The zero-order valence-corrected chi connectivity index (χ0v) is 16.7. The number of anilines is 1. The summed E-state index contributed by atoms with van der Waals surface area (Å²) < 4.78 is 49.0. The average Bonchev–Trinajstić information content (AvgIpc) is 2.67. The van der Waals surface area contributed by atoms with Crippen LogP contribution >= 0.6 is 15.9 Å². The fraction of sp³-hybridized carbons (Fsp3) is 0.167. The van der Waals surface area contributed by atoms with Crippen molar-refractivity contribution in [1.29, 1.82) is 0 Å². The lowest BCUT2D eigenvalue weighted by molar-refractivity contribution is -0.137. The Hall–Kier alpha value is -3.08. The number of methoxy groups -OCH3 is 2. The highest BCUT2D eigenvalue weighted by Crippen LogP contribution is 2.32. The first-order valence-corrected chi connectivity index (χ1v) is 8.68. The largest absolute Gasteiger partial charge is 0.496 e. The van der Waals surface area contributed by atoms with Crippen LogP contribution in [0.1, 0.15) is 11.1 Å². The molecule has 11 heteroatoms. The molecule has 2 aromatic rings. The minimum absolute atomic E-state index is 0.176. The normalized spacial score (nSPS) is 11.2. The van der Waals surface area contributed by atoms with E-state index in [4.69, 9.17) is 9.47 Å². The molecule has 154 valence electrons. The molecule has 2 amide bonds. The van der Waals surface area contributed by atoms with Crippen molar-refractivity contribution in [1.82, 2.24) is 5.43 Å². The van der Waals surface area contributed by atoms with Crippen molar-refractivity contribution in [2.75, 3.05) is 19.5 Å². The van der Waals surface area contributed by atoms with Crippen LogP contribution in [-0.4, -0.2) is 32.2 Å². The van der Waals surface area contributed by atoms with Crippen LogP contribution in [0.25, 0.3) is 0 Å². The maximum absolute atomic E-state index is 12.7. The fourth-order valence-electron chi connectivity index (χ4n) is 2.16. The Bertz CT molecular complexity index is 948. The number of hydrogen-bond donors (Lipinski definition) is 2. The minimum Gasteiger partial charge on any atom is -0.496 e. The van der Waals surface area contributed by atoms with E-state index in [1.54, 1.807) is 12.1 Å². The minimum atomic E-state index is -4.57. The second-order valence-corrected chi connectivity index (χ2v) is 6.31. The Morgan fingerprint density at radius 2 is 1.76 bits per heavy atom. The van der Waals surface area contributed by atoms with Crippen LogP contribution in [0.5, 0.6) is 11.5 Å². The second-order valence-electron chi connectivity index (χ2n) is 5.46. The number of carbonyl (C=O) groups excluding carboxylic acids is 2. The summed E-state index contributed by atoms with van der Waals surface area (Å²) in [7, 11) is 2.91. The SMILES string of the molecule is COc1cc(OC)c(C=NNC(=O)C(=O)Nc2cccc(C(F)(F)F)c2)cc1Br. The van der Waals surface area contributed by atoms with Gasteiger partial charge in [0.1, 0.15) is 11.5 Å². The van der Waals surface area contributed by atoms with E-state index < -0.39 is 23.6 Å². The molecule has 0 aliphatic carbocycles. The van der Waals surface area contributed by atoms with Gasteiger partial charge in [0.2, 0.25) is 0 Å². The van der Waals surface area contributed by atoms with Gasteiger partial charge in [-0.2, -0.15) is 18.3 Å². The van der Waals surface area contributed by atoms with Crippen LogP contribution in [0.15, 0.2) is 46.0 Å². The quantitative estimate of drug-likeness (QED) is 0.394. The molecule has 0 atom stereocenters. The monoisotopic (exact) mass is 473 g/mol. The van der Waals surface area contributed by atoms with Gasteiger partial charge in [-0.15, -0.1) is 0 Å². The molecule has 0 bridgehead atoms. The molecule has 0 aliphatic rings. The van der Waals surface area contributed by atoms with Crippen LogP contribution in [0.4, 0.5) is 18.9 Å². The van der Waals surface area contributed by atoms with Crippen molar-refractivity contribution in [3.05, 3.63) is 52.0 Å². The highest BCUT2D eigenvalue weighted by Gasteiger charge is 2.30. The van der Waals surface area contributed by atoms with Gasteiger partial charge >= 0.3 is 18.0 Å². The first-order chi connectivity index (χ1) is 13.7. The highest BCUT2D eigenvalue weighted by molar-refractivity contribution is 9.10. The molecular formula is C18H15BrF3N3O4. The maximum atomic E-state index is 12.7. The number of amides is 2. The lowest BCUT2D eigenvalue weighted by Gasteiger charge is -2.10. The van der Waals surface area contributed by atoms with Gasteiger partial charge < -0.3 is 14.8 Å². The molecule has 7 nitrogen and oxygen atoms in total. The fourth-order valence-corrected chi connectivity index (χ4v) is 2.68. The molecule has 0 fully saturated rings. The molecule has 2 N–H and O–H groups in total. The molecule has 2 rings (SSSR count). The number of carbonyl (C=O) groups is 2. The number of halogens is 4. The van der Waals surface area contributed by atoms with Gasteiger partial charge in [0.25, 0.3) is 0 Å². The van der Waals surface area contributed by atoms with Gasteiger partial charge in [-0.3, -0.25) is 9.59 Å². The zero-order valence-electron chi connectivity index (χ0n) is 15.1. The van der Waals surface area contributed by atoms with Crippen LogP contribution in [-0.2, 0) is 15.8 Å². The molecule has 0 saturated carbocycles. The van der Waals surface area contributed by atoms with Crippen molar-refractivity contribution in [3.8, 4) is 11.5 Å². The van der Waals surface area contributed by atoms with E-state index >= 15 is 0 Å². The third-order valence-electron chi connectivity index (χ3n) is 3.53. The number of benzene rings is 2. The number of alkyl halides is 3. The topological polar surface area (TPSA) is 89.0 Å². The number of nitrogens with one attached hydrogen (secondary N) is 2. The van der Waals surface area contributed by atoms with E-state index in [1.807, 2.05) is 5.43 Å². The second kappa shape index (κ2) is 9.41. The summed E-state index contributed by atoms with van der Waals surface area (Å²) in [5.41, 5.74) is 1.33. The number of hydrazone groups is 1. The van der Waals surface area contributed by atoms with Gasteiger partial charge in [0.05, 0.1) is 30.5 Å². The molecule has 0 unspecified atom stereocenters. The molecule has 0 aliphatic heterocycles. The molecule has 0 radical (unpaired) electrons. The maximum Gasteiger partial charge on any atom is 0.416 e. The van der Waals surface area contributed by atoms with Gasteiger partial charge in [-0.05, 0) is 40.2 Å². The average molecular weight is 474 g/mol. The number of rotatable bonds is 5. The van der Waals surface area contributed by atoms with Crippen LogP contribution < -0.4 is 20.2 Å². The summed E-state index contributed by atoms with van der Waals surface area (Å²) in [6.07, 6.45) is -3.34. The van der Waals surface area contributed by atoms with Gasteiger partial charge in [-0.1, -0.05) is 6.07 Å². The summed E-state index contributed by atoms with van der Waals surface area (Å²) in [6, 6.07) is 7.12. The summed E-state index contributed by atoms with van der Waals surface area (Å²) in [6.45, 7) is 0. The Kier molecular flexibility index (Phi) is 7.21. The van der Waals surface area contributed by atoms with E-state index in [0.717, 1.165) is 12.1 Å². The van der Waals surface area contributed by atoms with Gasteiger partial charge in [-0.25, -0.2) is 5.43 Å². The lowest BCUT2D eigenvalue weighted by Crippen LogP contribution is -2.32. The molecule has 2 aromatic carbocycles. The van der Waals surface area contributed by atoms with Gasteiger partial charge in [0.15, 0.2) is 0 Å². The zero-order chi connectivity index (χ0) is 21.6. The lowest BCUT2D eigenvalue weighted by atomic mass is 10.2. The van der Waals surface area contributed by atoms with Crippen molar-refractivity contribution in [3.63, 3.8) is 0 Å². The predicted molar refractivity (Wildman–Crippen MR) is 103 cm³/mol. The molecular weight excluding hydrogens is 459 g/mol. The van der Waals surface area contributed by atoms with Crippen LogP contribution in [0, 0.1) is 0 Å². The number of hydrogen-bond acceptors (Lipinski definition) is 5. The summed E-state index contributed by atoms with van der Waals surface area (Å²) >= 11 is 3.30. The third kappa shape index (κ3) is 5.95. The Morgan fingerprint density at radius 1 is 1.07 bits per heavy atom. The first kappa shape index (κ1) is 22.2. The molecule has 29 heavy (non-hydrogen) atoms. The number of ether oxygens (including phenoxy) is 2. The Morgan fingerprint density at radius 3 is 2.38 bits per heavy atom. The van der Waals surface area contributed by atoms with Crippen molar-refractivity contribution in [2.45, 2.75) is 6.18 Å². The molecule has 0 spiro atoms. The van der Waals surface area contributed by atoms with Crippen molar-refractivity contribution in [2.24, 2.45) is 5.10 Å². The van der Waals surface area contributed by atoms with E-state index in [1.165, 1.54) is 26.5 Å². The van der Waals surface area contributed by atoms with Crippen molar-refractivity contribution < 1.29 is 32.2 Å².